The first-order valence-electron chi connectivity index (χ1n) is 5.40. The van der Waals surface area contributed by atoms with E-state index in [4.69, 9.17) is 10.5 Å². The van der Waals surface area contributed by atoms with Crippen LogP contribution in [0.15, 0.2) is 0 Å². The summed E-state index contributed by atoms with van der Waals surface area (Å²) in [4.78, 5) is 2.43. The summed E-state index contributed by atoms with van der Waals surface area (Å²) in [6.45, 7) is 6.29. The molecule has 76 valence electrons. The zero-order chi connectivity index (χ0) is 9.26. The normalized spacial score (nSPS) is 33.2. The molecule has 2 rings (SSSR count). The van der Waals surface area contributed by atoms with Crippen molar-refractivity contribution in [3.8, 4) is 0 Å². The van der Waals surface area contributed by atoms with Crippen molar-refractivity contribution in [3.63, 3.8) is 0 Å². The fourth-order valence-corrected chi connectivity index (χ4v) is 2.04. The molecule has 1 aliphatic carbocycles. The Morgan fingerprint density at radius 3 is 2.92 bits per heavy atom. The highest BCUT2D eigenvalue weighted by Crippen LogP contribution is 2.34. The van der Waals surface area contributed by atoms with Gasteiger partial charge in [-0.1, -0.05) is 6.92 Å². The third-order valence-electron chi connectivity index (χ3n) is 3.22. The molecule has 2 N–H and O–H groups in total. The van der Waals surface area contributed by atoms with Gasteiger partial charge in [-0.25, -0.2) is 0 Å². The van der Waals surface area contributed by atoms with E-state index in [9.17, 15) is 0 Å². The Balaban J connectivity index is 1.83. The van der Waals surface area contributed by atoms with Gasteiger partial charge < -0.3 is 10.5 Å². The molecule has 0 aromatic carbocycles. The van der Waals surface area contributed by atoms with Crippen LogP contribution < -0.4 is 5.73 Å². The van der Waals surface area contributed by atoms with E-state index in [0.29, 0.717) is 6.10 Å². The van der Waals surface area contributed by atoms with Gasteiger partial charge in [0.05, 0.1) is 12.7 Å². The number of rotatable bonds is 3. The Morgan fingerprint density at radius 2 is 2.31 bits per heavy atom. The van der Waals surface area contributed by atoms with Crippen molar-refractivity contribution in [2.45, 2.75) is 31.9 Å². The lowest BCUT2D eigenvalue weighted by atomic mass is 10.1. The summed E-state index contributed by atoms with van der Waals surface area (Å²) in [5.41, 5.74) is 6.12. The third kappa shape index (κ3) is 2.22. The van der Waals surface area contributed by atoms with Gasteiger partial charge in [-0.15, -0.1) is 0 Å². The maximum atomic E-state index is 6.12. The lowest BCUT2D eigenvalue weighted by molar-refractivity contribution is -0.0419. The molecule has 3 heteroatoms. The minimum absolute atomic E-state index is 0.286. The number of hydrogen-bond acceptors (Lipinski definition) is 3. The van der Waals surface area contributed by atoms with Crippen LogP contribution >= 0.6 is 0 Å². The van der Waals surface area contributed by atoms with E-state index in [-0.39, 0.29) is 6.04 Å². The first kappa shape index (κ1) is 9.44. The average Bonchev–Trinajstić information content (AvgIpc) is 3.00. The van der Waals surface area contributed by atoms with Gasteiger partial charge in [0, 0.05) is 19.1 Å². The molecule has 1 saturated carbocycles. The first-order chi connectivity index (χ1) is 6.31. The standard InChI is InChI=1S/C10H20N2O/c1-2-12-5-6-13-9(7-12)10(11)8-3-4-8/h8-10H,2-7,11H2,1H3. The summed E-state index contributed by atoms with van der Waals surface area (Å²) < 4.78 is 5.71. The third-order valence-corrected chi connectivity index (χ3v) is 3.22. The first-order valence-corrected chi connectivity index (χ1v) is 5.40. The van der Waals surface area contributed by atoms with Gasteiger partial charge in [-0.05, 0) is 25.3 Å². The van der Waals surface area contributed by atoms with E-state index >= 15 is 0 Å². The molecule has 1 saturated heterocycles. The Labute approximate surface area is 80.2 Å². The maximum Gasteiger partial charge on any atom is 0.0855 e. The molecule has 1 heterocycles. The van der Waals surface area contributed by atoms with Gasteiger partial charge in [-0.2, -0.15) is 0 Å². The van der Waals surface area contributed by atoms with E-state index in [1.165, 1.54) is 12.8 Å². The van der Waals surface area contributed by atoms with Crippen molar-refractivity contribution in [3.05, 3.63) is 0 Å². The summed E-state index contributed by atoms with van der Waals surface area (Å²) in [6, 6.07) is 0.286. The molecule has 1 aliphatic heterocycles. The molecule has 0 radical (unpaired) electrons. The molecule has 0 amide bonds. The lowest BCUT2D eigenvalue weighted by Crippen LogP contribution is -2.51. The van der Waals surface area contributed by atoms with Crippen molar-refractivity contribution in [1.29, 1.82) is 0 Å². The van der Waals surface area contributed by atoms with Crippen LogP contribution in [0.25, 0.3) is 0 Å². The van der Waals surface area contributed by atoms with Gasteiger partial charge in [0.15, 0.2) is 0 Å². The minimum Gasteiger partial charge on any atom is -0.374 e. The molecule has 2 aliphatic rings. The average molecular weight is 184 g/mol. The molecule has 0 spiro atoms. The van der Waals surface area contributed by atoms with Crippen LogP contribution in [0.2, 0.25) is 0 Å². The second kappa shape index (κ2) is 3.95. The monoisotopic (exact) mass is 184 g/mol. The fraction of sp³-hybridized carbons (Fsp3) is 1.00. The number of nitrogens with zero attached hydrogens (tertiary/aromatic N) is 1. The summed E-state index contributed by atoms with van der Waals surface area (Å²) >= 11 is 0. The lowest BCUT2D eigenvalue weighted by Gasteiger charge is -2.35. The van der Waals surface area contributed by atoms with Crippen molar-refractivity contribution in [1.82, 2.24) is 4.90 Å². The summed E-state index contributed by atoms with van der Waals surface area (Å²) in [5, 5.41) is 0. The van der Waals surface area contributed by atoms with Gasteiger partial charge in [0.2, 0.25) is 0 Å². The van der Waals surface area contributed by atoms with Gasteiger partial charge in [0.25, 0.3) is 0 Å². The molecule has 0 aromatic rings. The van der Waals surface area contributed by atoms with Crippen molar-refractivity contribution in [2.75, 3.05) is 26.2 Å². The molecular formula is C10H20N2O. The summed E-state index contributed by atoms with van der Waals surface area (Å²) in [7, 11) is 0. The molecule has 0 aromatic heterocycles. The Kier molecular flexibility index (Phi) is 2.86. The zero-order valence-electron chi connectivity index (χ0n) is 8.41. The Hall–Kier alpha value is -0.120. The second-order valence-corrected chi connectivity index (χ2v) is 4.22. The summed E-state index contributed by atoms with van der Waals surface area (Å²) in [5.74, 6) is 0.752. The van der Waals surface area contributed by atoms with Crippen LogP contribution in [0.3, 0.4) is 0 Å². The SMILES string of the molecule is CCN1CCOC(C(N)C2CC2)C1. The van der Waals surface area contributed by atoms with Crippen LogP contribution in [0.4, 0.5) is 0 Å². The van der Waals surface area contributed by atoms with Crippen molar-refractivity contribution < 1.29 is 4.74 Å². The topological polar surface area (TPSA) is 38.5 Å². The van der Waals surface area contributed by atoms with E-state index in [1.807, 2.05) is 0 Å². The van der Waals surface area contributed by atoms with E-state index in [1.54, 1.807) is 0 Å². The summed E-state index contributed by atoms with van der Waals surface area (Å²) in [6.07, 6.45) is 2.92. The molecule has 13 heavy (non-hydrogen) atoms. The predicted molar refractivity (Wildman–Crippen MR) is 52.6 cm³/mol. The van der Waals surface area contributed by atoms with Gasteiger partial charge in [0.1, 0.15) is 0 Å². The van der Waals surface area contributed by atoms with Gasteiger partial charge in [-0.3, -0.25) is 4.90 Å². The second-order valence-electron chi connectivity index (χ2n) is 4.22. The molecule has 2 atom stereocenters. The number of ether oxygens (including phenoxy) is 1. The minimum atomic E-state index is 0.286. The number of morpholine rings is 1. The number of nitrogens with two attached hydrogens (primary N) is 1. The molecule has 2 unspecified atom stereocenters. The maximum absolute atomic E-state index is 6.12. The molecular weight excluding hydrogens is 164 g/mol. The quantitative estimate of drug-likeness (QED) is 0.692. The smallest absolute Gasteiger partial charge is 0.0855 e. The Bertz CT molecular complexity index is 170. The van der Waals surface area contributed by atoms with E-state index in [0.717, 1.165) is 32.2 Å². The number of likely N-dealkylation sites (N-methyl/N-ethyl adjacent to an activating group) is 1. The highest BCUT2D eigenvalue weighted by atomic mass is 16.5. The van der Waals surface area contributed by atoms with Crippen LogP contribution in [-0.4, -0.2) is 43.3 Å². The van der Waals surface area contributed by atoms with Crippen LogP contribution in [0.1, 0.15) is 19.8 Å². The van der Waals surface area contributed by atoms with Gasteiger partial charge >= 0.3 is 0 Å². The Morgan fingerprint density at radius 1 is 1.54 bits per heavy atom. The van der Waals surface area contributed by atoms with Crippen molar-refractivity contribution >= 4 is 0 Å². The van der Waals surface area contributed by atoms with E-state index in [2.05, 4.69) is 11.8 Å². The molecule has 3 nitrogen and oxygen atoms in total. The highest BCUT2D eigenvalue weighted by Gasteiger charge is 2.36. The van der Waals surface area contributed by atoms with Crippen LogP contribution in [-0.2, 0) is 4.74 Å². The van der Waals surface area contributed by atoms with Crippen molar-refractivity contribution in [2.24, 2.45) is 11.7 Å². The van der Waals surface area contributed by atoms with E-state index < -0.39 is 0 Å². The van der Waals surface area contributed by atoms with Crippen LogP contribution in [0, 0.1) is 5.92 Å². The fourth-order valence-electron chi connectivity index (χ4n) is 2.04. The zero-order valence-corrected chi connectivity index (χ0v) is 8.41. The van der Waals surface area contributed by atoms with Crippen LogP contribution in [0.5, 0.6) is 0 Å². The predicted octanol–water partition coefficient (Wildman–Crippen LogP) is 0.444. The largest absolute Gasteiger partial charge is 0.374 e. The molecule has 2 fully saturated rings. The molecule has 0 bridgehead atoms. The number of hydrogen-bond donors (Lipinski definition) is 1. The highest BCUT2D eigenvalue weighted by molar-refractivity contribution is 4.91.